The molecule has 8 heteroatoms. The van der Waals surface area contributed by atoms with Crippen molar-refractivity contribution in [1.29, 1.82) is 0 Å². The highest BCUT2D eigenvalue weighted by Gasteiger charge is 2.35. The molecule has 2 aromatic heterocycles. The SMILES string of the molecule is NC(=O)C1CC(=O)N(c2nnc(-c3ccco3)s2)C1. The number of furan rings is 1. The Kier molecular flexibility index (Phi) is 2.79. The second kappa shape index (κ2) is 4.47. The maximum Gasteiger partial charge on any atom is 0.229 e. The molecule has 0 bridgehead atoms. The van der Waals surface area contributed by atoms with Crippen molar-refractivity contribution in [3.8, 4) is 10.8 Å². The molecule has 3 rings (SSSR count). The Morgan fingerprint density at radius 3 is 3.00 bits per heavy atom. The minimum Gasteiger partial charge on any atom is -0.462 e. The van der Waals surface area contributed by atoms with Crippen LogP contribution in [0.5, 0.6) is 0 Å². The highest BCUT2D eigenvalue weighted by atomic mass is 32.1. The van der Waals surface area contributed by atoms with E-state index in [1.165, 1.54) is 16.2 Å². The quantitative estimate of drug-likeness (QED) is 0.887. The summed E-state index contributed by atoms with van der Waals surface area (Å²) in [5, 5.41) is 8.98. The van der Waals surface area contributed by atoms with Crippen molar-refractivity contribution in [3.63, 3.8) is 0 Å². The third-order valence-corrected chi connectivity index (χ3v) is 3.87. The average Bonchev–Trinajstić information content (AvgIpc) is 3.07. The highest BCUT2D eigenvalue weighted by molar-refractivity contribution is 7.18. The van der Waals surface area contributed by atoms with Crippen LogP contribution in [0.2, 0.25) is 0 Å². The monoisotopic (exact) mass is 278 g/mol. The fraction of sp³-hybridized carbons (Fsp3) is 0.273. The molecule has 0 radical (unpaired) electrons. The third kappa shape index (κ3) is 2.10. The van der Waals surface area contributed by atoms with Crippen LogP contribution in [-0.4, -0.2) is 28.6 Å². The minimum atomic E-state index is -0.466. The molecular weight excluding hydrogens is 268 g/mol. The van der Waals surface area contributed by atoms with Gasteiger partial charge in [0.1, 0.15) is 0 Å². The van der Waals surface area contributed by atoms with E-state index in [-0.39, 0.29) is 18.9 Å². The Morgan fingerprint density at radius 1 is 1.53 bits per heavy atom. The molecule has 2 amide bonds. The zero-order chi connectivity index (χ0) is 13.4. The Labute approximate surface area is 112 Å². The molecule has 1 unspecified atom stereocenters. The Hall–Kier alpha value is -2.22. The Balaban J connectivity index is 1.84. The number of anilines is 1. The lowest BCUT2D eigenvalue weighted by molar-refractivity contribution is -0.123. The second-order valence-corrected chi connectivity index (χ2v) is 5.13. The van der Waals surface area contributed by atoms with Crippen molar-refractivity contribution in [2.45, 2.75) is 6.42 Å². The molecule has 2 aromatic rings. The van der Waals surface area contributed by atoms with Gasteiger partial charge >= 0.3 is 0 Å². The van der Waals surface area contributed by atoms with Gasteiger partial charge in [0.2, 0.25) is 16.9 Å². The van der Waals surface area contributed by atoms with Gasteiger partial charge in [-0.2, -0.15) is 0 Å². The van der Waals surface area contributed by atoms with Crippen molar-refractivity contribution in [1.82, 2.24) is 10.2 Å². The maximum absolute atomic E-state index is 11.8. The van der Waals surface area contributed by atoms with Crippen molar-refractivity contribution < 1.29 is 14.0 Å². The number of hydrogen-bond donors (Lipinski definition) is 1. The van der Waals surface area contributed by atoms with E-state index in [1.807, 2.05) is 0 Å². The van der Waals surface area contributed by atoms with E-state index in [0.717, 1.165) is 0 Å². The van der Waals surface area contributed by atoms with Gasteiger partial charge in [-0.3, -0.25) is 14.5 Å². The van der Waals surface area contributed by atoms with Crippen LogP contribution < -0.4 is 10.6 Å². The maximum atomic E-state index is 11.8. The molecule has 98 valence electrons. The van der Waals surface area contributed by atoms with Gasteiger partial charge in [-0.05, 0) is 12.1 Å². The van der Waals surface area contributed by atoms with Gasteiger partial charge in [-0.25, -0.2) is 0 Å². The molecule has 1 aliphatic rings. The molecule has 1 aliphatic heterocycles. The van der Waals surface area contributed by atoms with Crippen LogP contribution in [0.25, 0.3) is 10.8 Å². The predicted octanol–water partition coefficient (Wildman–Crippen LogP) is 0.636. The summed E-state index contributed by atoms with van der Waals surface area (Å²) < 4.78 is 5.21. The van der Waals surface area contributed by atoms with E-state index in [9.17, 15) is 9.59 Å². The fourth-order valence-corrected chi connectivity index (χ4v) is 2.75. The zero-order valence-corrected chi connectivity index (χ0v) is 10.6. The fourth-order valence-electron chi connectivity index (χ4n) is 1.91. The summed E-state index contributed by atoms with van der Waals surface area (Å²) in [4.78, 5) is 24.4. The van der Waals surface area contributed by atoms with E-state index in [2.05, 4.69) is 10.2 Å². The van der Waals surface area contributed by atoms with Crippen LogP contribution in [0.3, 0.4) is 0 Å². The molecule has 3 heterocycles. The number of carbonyl (C=O) groups excluding carboxylic acids is 2. The molecule has 2 N–H and O–H groups in total. The van der Waals surface area contributed by atoms with E-state index in [0.29, 0.717) is 15.9 Å². The van der Waals surface area contributed by atoms with Crippen molar-refractivity contribution in [3.05, 3.63) is 18.4 Å². The number of nitrogens with two attached hydrogens (primary N) is 1. The standard InChI is InChI=1S/C11H10N4O3S/c12-9(17)6-4-8(16)15(5-6)11-14-13-10(19-11)7-2-1-3-18-7/h1-3,6H,4-5H2,(H2,12,17). The summed E-state index contributed by atoms with van der Waals surface area (Å²) >= 11 is 1.24. The number of hydrogen-bond acceptors (Lipinski definition) is 6. The highest BCUT2D eigenvalue weighted by Crippen LogP contribution is 2.32. The number of amides is 2. The summed E-state index contributed by atoms with van der Waals surface area (Å²) in [6, 6.07) is 3.52. The topological polar surface area (TPSA) is 102 Å². The summed E-state index contributed by atoms with van der Waals surface area (Å²) in [5.74, 6) is -0.483. The minimum absolute atomic E-state index is 0.130. The van der Waals surface area contributed by atoms with Crippen molar-refractivity contribution >= 4 is 28.3 Å². The molecule has 1 atom stereocenters. The first-order chi connectivity index (χ1) is 9.15. The average molecular weight is 278 g/mol. The van der Waals surface area contributed by atoms with E-state index >= 15 is 0 Å². The summed E-state index contributed by atoms with van der Waals surface area (Å²) in [7, 11) is 0. The van der Waals surface area contributed by atoms with Gasteiger partial charge in [0.15, 0.2) is 10.8 Å². The Bertz CT molecular complexity index is 622. The molecule has 1 fully saturated rings. The van der Waals surface area contributed by atoms with Gasteiger partial charge in [-0.15, -0.1) is 10.2 Å². The molecular formula is C11H10N4O3S. The van der Waals surface area contributed by atoms with Crippen LogP contribution in [0, 0.1) is 5.92 Å². The first kappa shape index (κ1) is 11.8. The largest absolute Gasteiger partial charge is 0.462 e. The molecule has 0 spiro atoms. The van der Waals surface area contributed by atoms with E-state index < -0.39 is 11.8 Å². The lowest BCUT2D eigenvalue weighted by Gasteiger charge is -2.10. The lowest BCUT2D eigenvalue weighted by atomic mass is 10.1. The normalized spacial score (nSPS) is 19.1. The molecule has 1 saturated heterocycles. The van der Waals surface area contributed by atoms with Crippen molar-refractivity contribution in [2.75, 3.05) is 11.4 Å². The second-order valence-electron chi connectivity index (χ2n) is 4.17. The summed E-state index contributed by atoms with van der Waals surface area (Å²) in [5.41, 5.74) is 5.22. The number of rotatable bonds is 3. The zero-order valence-electron chi connectivity index (χ0n) is 9.78. The van der Waals surface area contributed by atoms with Gasteiger partial charge in [0.05, 0.1) is 12.2 Å². The summed E-state index contributed by atoms with van der Waals surface area (Å²) in [6.45, 7) is 0.265. The smallest absolute Gasteiger partial charge is 0.229 e. The Morgan fingerprint density at radius 2 is 2.37 bits per heavy atom. The molecule has 19 heavy (non-hydrogen) atoms. The number of primary amides is 1. The van der Waals surface area contributed by atoms with E-state index in [1.54, 1.807) is 18.4 Å². The van der Waals surface area contributed by atoms with Crippen molar-refractivity contribution in [2.24, 2.45) is 11.7 Å². The van der Waals surface area contributed by atoms with E-state index in [4.69, 9.17) is 10.2 Å². The van der Waals surface area contributed by atoms with Crippen LogP contribution >= 0.6 is 11.3 Å². The van der Waals surface area contributed by atoms with Gasteiger partial charge in [0.25, 0.3) is 0 Å². The molecule has 0 aliphatic carbocycles. The first-order valence-corrected chi connectivity index (χ1v) is 6.44. The number of aromatic nitrogens is 2. The summed E-state index contributed by atoms with van der Waals surface area (Å²) in [6.07, 6.45) is 1.67. The number of nitrogens with zero attached hydrogens (tertiary/aromatic N) is 3. The molecule has 7 nitrogen and oxygen atoms in total. The first-order valence-electron chi connectivity index (χ1n) is 5.62. The van der Waals surface area contributed by atoms with Gasteiger partial charge in [-0.1, -0.05) is 11.3 Å². The third-order valence-electron chi connectivity index (χ3n) is 2.90. The number of carbonyl (C=O) groups is 2. The molecule has 0 saturated carbocycles. The lowest BCUT2D eigenvalue weighted by Crippen LogP contribution is -2.28. The van der Waals surface area contributed by atoms with Crippen LogP contribution in [0.4, 0.5) is 5.13 Å². The molecule has 0 aromatic carbocycles. The predicted molar refractivity (Wildman–Crippen MR) is 67.3 cm³/mol. The van der Waals surface area contributed by atoms with Crippen LogP contribution in [0.1, 0.15) is 6.42 Å². The van der Waals surface area contributed by atoms with Crippen LogP contribution in [-0.2, 0) is 9.59 Å². The van der Waals surface area contributed by atoms with Crippen LogP contribution in [0.15, 0.2) is 22.8 Å². The van der Waals surface area contributed by atoms with Gasteiger partial charge < -0.3 is 10.2 Å². The van der Waals surface area contributed by atoms with Gasteiger partial charge in [0, 0.05) is 13.0 Å².